The molecule has 0 N–H and O–H groups in total. The third-order valence-corrected chi connectivity index (χ3v) is 4.20. The van der Waals surface area contributed by atoms with Gasteiger partial charge in [-0.1, -0.05) is 150 Å². The van der Waals surface area contributed by atoms with E-state index in [0.717, 1.165) is 35.5 Å². The van der Waals surface area contributed by atoms with Crippen molar-refractivity contribution in [2.45, 2.75) is 157 Å². The van der Waals surface area contributed by atoms with Crippen LogP contribution < -0.4 is 0 Å². The molecule has 0 aromatic carbocycles. The number of rotatable bonds is 6. The van der Waals surface area contributed by atoms with Gasteiger partial charge in [0.2, 0.25) is 0 Å². The first-order chi connectivity index (χ1) is 13.4. The van der Waals surface area contributed by atoms with E-state index < -0.39 is 0 Å². The molecular formula is C30H70. The fourth-order valence-corrected chi connectivity index (χ4v) is 2.15. The zero-order valence-corrected chi connectivity index (χ0v) is 25.5. The predicted molar refractivity (Wildman–Crippen MR) is 149 cm³/mol. The van der Waals surface area contributed by atoms with Gasteiger partial charge in [-0.05, 0) is 47.3 Å². The normalized spacial score (nSPS) is 12.6. The molecule has 0 saturated heterocycles. The van der Waals surface area contributed by atoms with E-state index in [4.69, 9.17) is 0 Å². The van der Waals surface area contributed by atoms with Crippen LogP contribution in [0.25, 0.3) is 0 Å². The molecule has 30 heavy (non-hydrogen) atoms. The molecule has 2 unspecified atom stereocenters. The van der Waals surface area contributed by atoms with Gasteiger partial charge in [0.05, 0.1) is 0 Å². The Balaban J connectivity index is -0.0000000958. The van der Waals surface area contributed by atoms with E-state index in [1.54, 1.807) is 0 Å². The summed E-state index contributed by atoms with van der Waals surface area (Å²) in [7, 11) is 0. The van der Waals surface area contributed by atoms with Gasteiger partial charge in [-0.25, -0.2) is 0 Å². The van der Waals surface area contributed by atoms with Gasteiger partial charge >= 0.3 is 0 Å². The van der Waals surface area contributed by atoms with Crippen LogP contribution in [-0.4, -0.2) is 0 Å². The fourth-order valence-electron chi connectivity index (χ4n) is 2.15. The average Bonchev–Trinajstić information content (AvgIpc) is 2.51. The van der Waals surface area contributed by atoms with Crippen molar-refractivity contribution in [1.29, 1.82) is 0 Å². The first-order valence-corrected chi connectivity index (χ1v) is 13.4. The summed E-state index contributed by atoms with van der Waals surface area (Å²) >= 11 is 0. The average molecular weight is 431 g/mol. The van der Waals surface area contributed by atoms with Crippen LogP contribution in [0.2, 0.25) is 0 Å². The third-order valence-electron chi connectivity index (χ3n) is 4.20. The maximum absolute atomic E-state index is 2.38. The van der Waals surface area contributed by atoms with Gasteiger partial charge in [0, 0.05) is 0 Å². The predicted octanol–water partition coefficient (Wildman–Crippen LogP) is 11.9. The largest absolute Gasteiger partial charge is 0.0656 e. The van der Waals surface area contributed by atoms with Crippen LogP contribution in [0.1, 0.15) is 157 Å². The Morgan fingerprint density at radius 2 is 0.833 bits per heavy atom. The highest BCUT2D eigenvalue weighted by Crippen LogP contribution is 2.27. The van der Waals surface area contributed by atoms with Crippen molar-refractivity contribution >= 4 is 0 Å². The molecular weight excluding hydrogens is 360 g/mol. The zero-order valence-electron chi connectivity index (χ0n) is 25.5. The Kier molecular flexibility index (Phi) is 36.4. The zero-order chi connectivity index (χ0) is 25.5. The molecule has 0 rings (SSSR count). The van der Waals surface area contributed by atoms with Crippen LogP contribution in [0.4, 0.5) is 0 Å². The van der Waals surface area contributed by atoms with E-state index in [-0.39, 0.29) is 0 Å². The molecule has 190 valence electrons. The minimum absolute atomic E-state index is 0.509. The Morgan fingerprint density at radius 1 is 0.533 bits per heavy atom. The van der Waals surface area contributed by atoms with Crippen molar-refractivity contribution < 1.29 is 0 Å². The molecule has 0 amide bonds. The Morgan fingerprint density at radius 3 is 0.967 bits per heavy atom. The molecule has 0 aromatic heterocycles. The van der Waals surface area contributed by atoms with Gasteiger partial charge in [0.25, 0.3) is 0 Å². The first-order valence-electron chi connectivity index (χ1n) is 13.4. The highest BCUT2D eigenvalue weighted by molar-refractivity contribution is 4.67. The second-order valence-corrected chi connectivity index (χ2v) is 12.6. The van der Waals surface area contributed by atoms with Gasteiger partial charge in [-0.15, -0.1) is 0 Å². The van der Waals surface area contributed by atoms with Gasteiger partial charge < -0.3 is 0 Å². The van der Waals surface area contributed by atoms with E-state index >= 15 is 0 Å². The minimum Gasteiger partial charge on any atom is -0.0656 e. The van der Waals surface area contributed by atoms with E-state index in [9.17, 15) is 0 Å². The summed E-state index contributed by atoms with van der Waals surface area (Å²) in [6.07, 6.45) is 6.75. The van der Waals surface area contributed by atoms with Crippen LogP contribution in [0.5, 0.6) is 0 Å². The van der Waals surface area contributed by atoms with E-state index in [2.05, 4.69) is 125 Å². The van der Waals surface area contributed by atoms with Crippen molar-refractivity contribution in [2.75, 3.05) is 0 Å². The van der Waals surface area contributed by atoms with Crippen LogP contribution in [0.3, 0.4) is 0 Å². The lowest BCUT2D eigenvalue weighted by molar-refractivity contribution is 0.254. The van der Waals surface area contributed by atoms with E-state index in [1.165, 1.54) is 32.1 Å². The summed E-state index contributed by atoms with van der Waals surface area (Å²) in [5, 5.41) is 0. The molecule has 0 saturated carbocycles. The lowest BCUT2D eigenvalue weighted by Gasteiger charge is -2.25. The molecule has 2 atom stereocenters. The maximum Gasteiger partial charge on any atom is -0.0357 e. The smallest absolute Gasteiger partial charge is 0.0357 e. The number of hydrogen-bond donors (Lipinski definition) is 0. The van der Waals surface area contributed by atoms with Crippen LogP contribution >= 0.6 is 0 Å². The molecule has 0 aliphatic rings. The van der Waals surface area contributed by atoms with Gasteiger partial charge in [-0.2, -0.15) is 0 Å². The highest BCUT2D eigenvalue weighted by atomic mass is 14.2. The summed E-state index contributed by atoms with van der Waals surface area (Å²) in [5.41, 5.74) is 0.509. The summed E-state index contributed by atoms with van der Waals surface area (Å²) in [4.78, 5) is 0. The van der Waals surface area contributed by atoms with Crippen molar-refractivity contribution in [3.05, 3.63) is 0 Å². The lowest BCUT2D eigenvalue weighted by atomic mass is 9.81. The quantitative estimate of drug-likeness (QED) is 0.393. The van der Waals surface area contributed by atoms with Crippen LogP contribution in [-0.2, 0) is 0 Å². The summed E-state index contributed by atoms with van der Waals surface area (Å²) in [6.45, 7) is 40.3. The summed E-state index contributed by atoms with van der Waals surface area (Å²) in [5.74, 6) is 5.20. The molecule has 0 aliphatic carbocycles. The first kappa shape index (κ1) is 40.4. The molecule has 0 bridgehead atoms. The summed E-state index contributed by atoms with van der Waals surface area (Å²) in [6, 6.07) is 0. The monoisotopic (exact) mass is 431 g/mol. The minimum atomic E-state index is 0.509. The second-order valence-electron chi connectivity index (χ2n) is 12.6. The van der Waals surface area contributed by atoms with Crippen molar-refractivity contribution in [2.24, 2.45) is 40.9 Å². The molecule has 0 nitrogen and oxygen atoms in total. The van der Waals surface area contributed by atoms with Gasteiger partial charge in [0.1, 0.15) is 0 Å². The molecule has 0 spiro atoms. The van der Waals surface area contributed by atoms with Crippen molar-refractivity contribution in [3.63, 3.8) is 0 Å². The molecule has 0 radical (unpaired) electrons. The Labute approximate surface area is 197 Å². The third kappa shape index (κ3) is 70.6. The van der Waals surface area contributed by atoms with E-state index in [0.29, 0.717) is 5.41 Å². The summed E-state index contributed by atoms with van der Waals surface area (Å²) < 4.78 is 0. The molecule has 0 aliphatic heterocycles. The molecule has 0 fully saturated rings. The SMILES string of the molecule is CC(C)C.CC(C)C.CC(C)CCC(C)CC(C)C.CCC.CCC(C)C(C)(C)C. The topological polar surface area (TPSA) is 0 Å². The standard InChI is InChI=1S/C11H24.C8H18.2C4H10.C3H8/c1-9(2)6-7-11(5)8-10(3)4;1-6-7(2)8(3,4)5;2*1-4(2)3;1-3-2/h9-11H,6-8H2,1-5H3;7H,6H2,1-5H3;2*4H,1-3H3;3H2,1-2H3. The fraction of sp³-hybridized carbons (Fsp3) is 1.00. The Bertz CT molecular complexity index is 253. The highest BCUT2D eigenvalue weighted by Gasteiger charge is 2.16. The van der Waals surface area contributed by atoms with Gasteiger partial charge in [-0.3, -0.25) is 0 Å². The lowest BCUT2D eigenvalue weighted by Crippen LogP contribution is -2.15. The Hall–Kier alpha value is 0. The van der Waals surface area contributed by atoms with Crippen LogP contribution in [0, 0.1) is 40.9 Å². The van der Waals surface area contributed by atoms with Crippen LogP contribution in [0.15, 0.2) is 0 Å². The molecule has 0 heterocycles. The number of hydrogen-bond acceptors (Lipinski definition) is 0. The second kappa shape index (κ2) is 27.0. The molecule has 0 aromatic rings. The van der Waals surface area contributed by atoms with Crippen molar-refractivity contribution in [1.82, 2.24) is 0 Å². The van der Waals surface area contributed by atoms with Gasteiger partial charge in [0.15, 0.2) is 0 Å². The van der Waals surface area contributed by atoms with E-state index in [1.807, 2.05) is 0 Å². The maximum atomic E-state index is 2.38. The molecule has 0 heteroatoms. The van der Waals surface area contributed by atoms with Crippen molar-refractivity contribution in [3.8, 4) is 0 Å².